The van der Waals surface area contributed by atoms with Gasteiger partial charge in [-0.2, -0.15) is 9.50 Å². The minimum Gasteiger partial charge on any atom is -0.505 e. The number of nitrogens with zero attached hydrogens (tertiary/aromatic N) is 7. The van der Waals surface area contributed by atoms with E-state index in [4.69, 9.17) is 0 Å². The van der Waals surface area contributed by atoms with Crippen LogP contribution in [0, 0.1) is 13.8 Å². The van der Waals surface area contributed by atoms with E-state index < -0.39 is 0 Å². The Hall–Kier alpha value is -4.44. The number of hydrogen-bond acceptors (Lipinski definition) is 7. The Balaban J connectivity index is 1.55. The SMILES string of the molecule is Cc1nc2c(c(C)nn2CCO)c(O)c1/N=N/c1ccc2c3c1cccc3c(=O)c1n2cc[n+]1C. The molecule has 0 spiro atoms. The van der Waals surface area contributed by atoms with E-state index in [1.165, 1.54) is 0 Å². The van der Waals surface area contributed by atoms with Crippen LogP contribution in [0.15, 0.2) is 57.7 Å². The fourth-order valence-electron chi connectivity index (χ4n) is 4.85. The molecule has 0 aliphatic heterocycles. The summed E-state index contributed by atoms with van der Waals surface area (Å²) in [4.78, 5) is 17.8. The molecule has 0 fully saturated rings. The maximum atomic E-state index is 13.2. The Kier molecular flexibility index (Phi) is 4.55. The number of aromatic hydroxyl groups is 1. The number of pyridine rings is 2. The monoisotopic (exact) mass is 468 g/mol. The second-order valence-electron chi connectivity index (χ2n) is 8.59. The summed E-state index contributed by atoms with van der Waals surface area (Å²) in [6, 6.07) is 9.36. The van der Waals surface area contributed by atoms with Gasteiger partial charge in [-0.1, -0.05) is 12.1 Å². The van der Waals surface area contributed by atoms with Gasteiger partial charge in [-0.25, -0.2) is 14.2 Å². The highest BCUT2D eigenvalue weighted by Crippen LogP contribution is 2.40. The number of imidazole rings is 1. The van der Waals surface area contributed by atoms with Gasteiger partial charge in [-0.3, -0.25) is 4.79 Å². The van der Waals surface area contributed by atoms with Crippen LogP contribution in [-0.4, -0.2) is 36.0 Å². The van der Waals surface area contributed by atoms with Crippen LogP contribution in [0.3, 0.4) is 0 Å². The average molecular weight is 468 g/mol. The summed E-state index contributed by atoms with van der Waals surface area (Å²) < 4.78 is 5.27. The van der Waals surface area contributed by atoms with E-state index >= 15 is 0 Å². The van der Waals surface area contributed by atoms with Crippen molar-refractivity contribution >= 4 is 49.7 Å². The number of aliphatic hydroxyl groups is 1. The lowest BCUT2D eigenvalue weighted by Crippen LogP contribution is -2.31. The first-order valence-electron chi connectivity index (χ1n) is 11.2. The molecule has 4 aromatic heterocycles. The minimum atomic E-state index is -0.0878. The van der Waals surface area contributed by atoms with Crippen LogP contribution < -0.4 is 10.00 Å². The lowest BCUT2D eigenvalue weighted by molar-refractivity contribution is -0.644. The van der Waals surface area contributed by atoms with Crippen molar-refractivity contribution in [2.45, 2.75) is 20.4 Å². The summed E-state index contributed by atoms with van der Waals surface area (Å²) >= 11 is 0. The van der Waals surface area contributed by atoms with Crippen LogP contribution in [0.4, 0.5) is 11.4 Å². The van der Waals surface area contributed by atoms with Gasteiger partial charge < -0.3 is 10.2 Å². The topological polar surface area (TPSA) is 121 Å². The molecule has 10 nitrogen and oxygen atoms in total. The number of azo groups is 1. The third-order valence-electron chi connectivity index (χ3n) is 6.45. The fourth-order valence-corrected chi connectivity index (χ4v) is 4.85. The van der Waals surface area contributed by atoms with Crippen molar-refractivity contribution < 1.29 is 14.8 Å². The van der Waals surface area contributed by atoms with Gasteiger partial charge in [0.05, 0.1) is 42.7 Å². The summed E-state index contributed by atoms with van der Waals surface area (Å²) in [6.45, 7) is 3.70. The molecule has 0 unspecified atom stereocenters. The Bertz CT molecular complexity index is 1880. The van der Waals surface area contributed by atoms with E-state index in [2.05, 4.69) is 20.3 Å². The molecule has 2 aromatic carbocycles. The molecular weight excluding hydrogens is 446 g/mol. The van der Waals surface area contributed by atoms with Gasteiger partial charge in [0.25, 0.3) is 5.43 Å². The van der Waals surface area contributed by atoms with E-state index in [1.54, 1.807) is 18.5 Å². The number of aliphatic hydroxyl groups excluding tert-OH is 1. The molecule has 2 N–H and O–H groups in total. The van der Waals surface area contributed by atoms with Crippen molar-refractivity contribution in [3.8, 4) is 5.75 Å². The largest absolute Gasteiger partial charge is 0.505 e. The summed E-state index contributed by atoms with van der Waals surface area (Å²) in [6.07, 6.45) is 3.73. The predicted molar refractivity (Wildman–Crippen MR) is 131 cm³/mol. The summed E-state index contributed by atoms with van der Waals surface area (Å²) in [7, 11) is 1.85. The zero-order valence-corrected chi connectivity index (χ0v) is 19.4. The second-order valence-corrected chi connectivity index (χ2v) is 8.59. The van der Waals surface area contributed by atoms with Crippen LogP contribution in [0.5, 0.6) is 5.75 Å². The molecule has 35 heavy (non-hydrogen) atoms. The van der Waals surface area contributed by atoms with E-state index in [0.717, 1.165) is 16.3 Å². The standard InChI is InChI=1S/C25H21N7O3/c1-13-19-23(35)21(14(2)26-24(19)32(29-13)11-12-33)28-27-17-7-8-18-20-15(17)5-4-6-16(20)22(34)25-30(3)9-10-31(18)25/h4-10,33H,11-12H2,1-3H3/p+1. The highest BCUT2D eigenvalue weighted by atomic mass is 16.3. The van der Waals surface area contributed by atoms with Crippen molar-refractivity contribution in [1.29, 1.82) is 0 Å². The Morgan fingerprint density at radius 2 is 1.86 bits per heavy atom. The molecule has 0 radical (unpaired) electrons. The van der Waals surface area contributed by atoms with Crippen LogP contribution in [0.25, 0.3) is 38.4 Å². The lowest BCUT2D eigenvalue weighted by Gasteiger charge is -2.07. The summed E-state index contributed by atoms with van der Waals surface area (Å²) in [5, 5.41) is 36.2. The van der Waals surface area contributed by atoms with Gasteiger partial charge in [0.15, 0.2) is 11.4 Å². The third kappa shape index (κ3) is 2.93. The summed E-state index contributed by atoms with van der Waals surface area (Å²) in [5.41, 5.74) is 3.83. The van der Waals surface area contributed by atoms with E-state index in [0.29, 0.717) is 39.1 Å². The molecule has 4 heterocycles. The van der Waals surface area contributed by atoms with Gasteiger partial charge in [0, 0.05) is 16.2 Å². The van der Waals surface area contributed by atoms with Gasteiger partial charge >= 0.3 is 5.65 Å². The zero-order valence-electron chi connectivity index (χ0n) is 19.4. The molecule has 0 amide bonds. The highest BCUT2D eigenvalue weighted by molar-refractivity contribution is 6.13. The summed E-state index contributed by atoms with van der Waals surface area (Å²) in [5.74, 6) is -0.0552. The molecule has 10 heteroatoms. The normalized spacial score (nSPS) is 12.3. The van der Waals surface area contributed by atoms with Crippen LogP contribution >= 0.6 is 0 Å². The van der Waals surface area contributed by atoms with Crippen LogP contribution in [-0.2, 0) is 13.6 Å². The molecule has 0 atom stereocenters. The first-order valence-corrected chi connectivity index (χ1v) is 11.2. The predicted octanol–water partition coefficient (Wildman–Crippen LogP) is 3.34. The number of aryl methyl sites for hydroxylation is 3. The van der Waals surface area contributed by atoms with Crippen molar-refractivity contribution in [1.82, 2.24) is 19.2 Å². The molecule has 0 aliphatic rings. The van der Waals surface area contributed by atoms with Gasteiger partial charge in [-0.15, -0.1) is 10.2 Å². The minimum absolute atomic E-state index is 0.0526. The fraction of sp³-hybridized carbons (Fsp3) is 0.200. The van der Waals surface area contributed by atoms with Gasteiger partial charge in [0.1, 0.15) is 23.6 Å². The molecule has 6 rings (SSSR count). The number of benzene rings is 2. The van der Waals surface area contributed by atoms with Crippen molar-refractivity contribution in [3.63, 3.8) is 0 Å². The molecule has 6 aromatic rings. The number of rotatable bonds is 4. The quantitative estimate of drug-likeness (QED) is 0.304. The Morgan fingerprint density at radius 1 is 1.06 bits per heavy atom. The maximum absolute atomic E-state index is 13.2. The van der Waals surface area contributed by atoms with Gasteiger partial charge in [0.2, 0.25) is 0 Å². The number of aromatic nitrogens is 5. The first-order chi connectivity index (χ1) is 16.9. The number of hydrogen-bond donors (Lipinski definition) is 2. The zero-order chi connectivity index (χ0) is 24.4. The lowest BCUT2D eigenvalue weighted by atomic mass is 10.0. The maximum Gasteiger partial charge on any atom is 0.335 e. The average Bonchev–Trinajstić information content (AvgIpc) is 3.37. The molecule has 0 saturated carbocycles. The highest BCUT2D eigenvalue weighted by Gasteiger charge is 2.22. The molecular formula is C25H22N7O3+. The van der Waals surface area contributed by atoms with E-state index in [-0.39, 0.29) is 30.0 Å². The van der Waals surface area contributed by atoms with Gasteiger partial charge in [-0.05, 0) is 32.0 Å². The molecule has 0 bridgehead atoms. The Morgan fingerprint density at radius 3 is 2.66 bits per heavy atom. The second kappa shape index (κ2) is 7.54. The van der Waals surface area contributed by atoms with Crippen LogP contribution in [0.1, 0.15) is 11.4 Å². The molecule has 0 aliphatic carbocycles. The van der Waals surface area contributed by atoms with Crippen molar-refractivity contribution in [2.24, 2.45) is 17.3 Å². The van der Waals surface area contributed by atoms with E-state index in [1.807, 2.05) is 58.7 Å². The third-order valence-corrected chi connectivity index (χ3v) is 6.45. The first kappa shape index (κ1) is 21.1. The smallest absolute Gasteiger partial charge is 0.335 e. The number of fused-ring (bicyclic) bond motifs is 3. The molecule has 0 saturated heterocycles. The van der Waals surface area contributed by atoms with Crippen LogP contribution in [0.2, 0.25) is 0 Å². The van der Waals surface area contributed by atoms with E-state index in [9.17, 15) is 15.0 Å². The molecule has 174 valence electrons. The Labute approximate surface area is 198 Å². The van der Waals surface area contributed by atoms with Crippen molar-refractivity contribution in [3.05, 3.63) is 64.3 Å². The van der Waals surface area contributed by atoms with Crippen molar-refractivity contribution in [2.75, 3.05) is 6.61 Å².